The predicted octanol–water partition coefficient (Wildman–Crippen LogP) is 1.87. The number of hydrogen-bond donors (Lipinski definition) is 1. The Morgan fingerprint density at radius 1 is 1.67 bits per heavy atom. The van der Waals surface area contributed by atoms with E-state index in [4.69, 9.17) is 16.0 Å². The Morgan fingerprint density at radius 3 is 3.00 bits per heavy atom. The van der Waals surface area contributed by atoms with Crippen molar-refractivity contribution in [3.05, 3.63) is 17.8 Å². The van der Waals surface area contributed by atoms with Gasteiger partial charge < -0.3 is 9.73 Å². The zero-order valence-electron chi connectivity index (χ0n) is 8.50. The van der Waals surface area contributed by atoms with Gasteiger partial charge in [-0.05, 0) is 26.2 Å². The van der Waals surface area contributed by atoms with Gasteiger partial charge in [0, 0.05) is 6.04 Å². The number of hydrogen-bond acceptors (Lipinski definition) is 3. The summed E-state index contributed by atoms with van der Waals surface area (Å²) in [6, 6.07) is 0.0590. The van der Waals surface area contributed by atoms with Crippen LogP contribution >= 0.6 is 11.6 Å². The van der Waals surface area contributed by atoms with Crippen LogP contribution in [0.4, 0.5) is 0 Å². The highest BCUT2D eigenvalue weighted by molar-refractivity contribution is 6.21. The van der Waals surface area contributed by atoms with E-state index in [1.165, 1.54) is 6.39 Å². The lowest BCUT2D eigenvalue weighted by Gasteiger charge is -2.14. The molecule has 0 aliphatic heterocycles. The Hall–Kier alpha value is -1.03. The third-order valence-corrected chi connectivity index (χ3v) is 3.22. The smallest absolute Gasteiger partial charge is 0.289 e. The molecule has 0 spiro atoms. The number of rotatable bonds is 2. The van der Waals surface area contributed by atoms with Crippen LogP contribution < -0.4 is 5.32 Å². The molecule has 2 unspecified atom stereocenters. The van der Waals surface area contributed by atoms with Gasteiger partial charge in [-0.25, -0.2) is 4.98 Å². The molecule has 0 aromatic carbocycles. The number of nitrogens with one attached hydrogen (secondary N) is 1. The maximum absolute atomic E-state index is 11.7. The van der Waals surface area contributed by atoms with Crippen molar-refractivity contribution in [3.8, 4) is 0 Å². The number of carbonyl (C=O) groups excluding carboxylic acids is 1. The van der Waals surface area contributed by atoms with Crippen LogP contribution in [0.2, 0.25) is 0 Å². The molecule has 0 saturated heterocycles. The van der Waals surface area contributed by atoms with Crippen molar-refractivity contribution in [1.29, 1.82) is 0 Å². The minimum atomic E-state index is -0.220. The van der Waals surface area contributed by atoms with E-state index in [1.54, 1.807) is 6.92 Å². The Balaban J connectivity index is 2.01. The minimum absolute atomic E-state index is 0.0391. The third kappa shape index (κ3) is 2.15. The fourth-order valence-corrected chi connectivity index (χ4v) is 2.17. The Bertz CT molecular complexity index is 364. The van der Waals surface area contributed by atoms with Crippen molar-refractivity contribution in [3.63, 3.8) is 0 Å². The molecule has 4 nitrogen and oxygen atoms in total. The Morgan fingerprint density at radius 2 is 2.47 bits per heavy atom. The van der Waals surface area contributed by atoms with E-state index < -0.39 is 0 Å². The van der Waals surface area contributed by atoms with E-state index in [2.05, 4.69) is 10.3 Å². The lowest BCUT2D eigenvalue weighted by Crippen LogP contribution is -2.37. The molecule has 1 aromatic rings. The molecule has 1 aliphatic carbocycles. The fourth-order valence-electron chi connectivity index (χ4n) is 1.83. The normalized spacial score (nSPS) is 25.5. The van der Waals surface area contributed by atoms with Gasteiger partial charge in [0.05, 0.1) is 11.1 Å². The SMILES string of the molecule is Cc1ncoc1C(=O)NC1CCCC1Cl. The van der Waals surface area contributed by atoms with E-state index in [1.807, 2.05) is 0 Å². The second-order valence-corrected chi connectivity index (χ2v) is 4.35. The molecular weight excluding hydrogens is 216 g/mol. The van der Waals surface area contributed by atoms with Gasteiger partial charge in [0.2, 0.25) is 5.76 Å². The Labute approximate surface area is 93.0 Å². The van der Waals surface area contributed by atoms with Gasteiger partial charge in [0.15, 0.2) is 6.39 Å². The summed E-state index contributed by atoms with van der Waals surface area (Å²) in [5, 5.41) is 2.91. The van der Waals surface area contributed by atoms with Gasteiger partial charge in [-0.3, -0.25) is 4.79 Å². The number of carbonyl (C=O) groups is 1. The van der Waals surface area contributed by atoms with E-state index in [0.717, 1.165) is 19.3 Å². The molecule has 1 amide bonds. The highest BCUT2D eigenvalue weighted by Gasteiger charge is 2.28. The van der Waals surface area contributed by atoms with Crippen molar-refractivity contribution in [2.45, 2.75) is 37.6 Å². The largest absolute Gasteiger partial charge is 0.438 e. The van der Waals surface area contributed by atoms with E-state index >= 15 is 0 Å². The number of aromatic nitrogens is 1. The average Bonchev–Trinajstić information content (AvgIpc) is 2.76. The van der Waals surface area contributed by atoms with Gasteiger partial charge >= 0.3 is 0 Å². The van der Waals surface area contributed by atoms with Crippen molar-refractivity contribution in [1.82, 2.24) is 10.3 Å². The van der Waals surface area contributed by atoms with Crippen LogP contribution in [-0.4, -0.2) is 22.3 Å². The van der Waals surface area contributed by atoms with Crippen molar-refractivity contribution < 1.29 is 9.21 Å². The summed E-state index contributed by atoms with van der Waals surface area (Å²) in [4.78, 5) is 15.6. The molecule has 1 aromatic heterocycles. The van der Waals surface area contributed by atoms with Crippen molar-refractivity contribution >= 4 is 17.5 Å². The van der Waals surface area contributed by atoms with Crippen LogP contribution in [0, 0.1) is 6.92 Å². The number of amides is 1. The van der Waals surface area contributed by atoms with Crippen LogP contribution in [-0.2, 0) is 0 Å². The summed E-state index contributed by atoms with van der Waals surface area (Å²) in [6.45, 7) is 1.74. The first-order valence-corrected chi connectivity index (χ1v) is 5.47. The molecule has 82 valence electrons. The maximum Gasteiger partial charge on any atom is 0.289 e. The van der Waals surface area contributed by atoms with Crippen LogP contribution in [0.1, 0.15) is 35.5 Å². The van der Waals surface area contributed by atoms with E-state index in [9.17, 15) is 4.79 Å². The molecule has 1 aliphatic rings. The van der Waals surface area contributed by atoms with Gasteiger partial charge in [-0.2, -0.15) is 0 Å². The summed E-state index contributed by atoms with van der Waals surface area (Å²) < 4.78 is 5.01. The second-order valence-electron chi connectivity index (χ2n) is 3.79. The first-order chi connectivity index (χ1) is 7.18. The van der Waals surface area contributed by atoms with Gasteiger partial charge in [0.25, 0.3) is 5.91 Å². The van der Waals surface area contributed by atoms with Gasteiger partial charge in [-0.1, -0.05) is 0 Å². The number of alkyl halides is 1. The molecule has 0 bridgehead atoms. The molecule has 5 heteroatoms. The lowest BCUT2D eigenvalue weighted by molar-refractivity contribution is 0.0909. The zero-order chi connectivity index (χ0) is 10.8. The first kappa shape index (κ1) is 10.5. The number of aryl methyl sites for hydroxylation is 1. The summed E-state index contributed by atoms with van der Waals surface area (Å²) >= 11 is 6.06. The summed E-state index contributed by atoms with van der Waals surface area (Å²) in [6.07, 6.45) is 4.24. The molecule has 2 atom stereocenters. The summed E-state index contributed by atoms with van der Waals surface area (Å²) in [7, 11) is 0. The maximum atomic E-state index is 11.7. The quantitative estimate of drug-likeness (QED) is 0.787. The highest BCUT2D eigenvalue weighted by Crippen LogP contribution is 2.24. The minimum Gasteiger partial charge on any atom is -0.438 e. The highest BCUT2D eigenvalue weighted by atomic mass is 35.5. The Kier molecular flexibility index (Phi) is 2.95. The molecule has 2 rings (SSSR count). The molecule has 1 heterocycles. The molecule has 1 N–H and O–H groups in total. The first-order valence-electron chi connectivity index (χ1n) is 5.03. The monoisotopic (exact) mass is 228 g/mol. The molecule has 15 heavy (non-hydrogen) atoms. The second kappa shape index (κ2) is 4.23. The molecular formula is C10H13ClN2O2. The van der Waals surface area contributed by atoms with Crippen molar-refractivity contribution in [2.24, 2.45) is 0 Å². The zero-order valence-corrected chi connectivity index (χ0v) is 9.25. The molecule has 1 fully saturated rings. The van der Waals surface area contributed by atoms with Crippen LogP contribution in [0.3, 0.4) is 0 Å². The van der Waals surface area contributed by atoms with E-state index in [0.29, 0.717) is 5.69 Å². The van der Waals surface area contributed by atoms with Gasteiger partial charge in [-0.15, -0.1) is 11.6 Å². The van der Waals surface area contributed by atoms with Crippen LogP contribution in [0.15, 0.2) is 10.8 Å². The van der Waals surface area contributed by atoms with Crippen LogP contribution in [0.25, 0.3) is 0 Å². The standard InChI is InChI=1S/C10H13ClN2O2/c1-6-9(15-5-12-6)10(14)13-8-4-2-3-7(8)11/h5,7-8H,2-4H2,1H3,(H,13,14). The third-order valence-electron chi connectivity index (χ3n) is 2.70. The average molecular weight is 229 g/mol. The van der Waals surface area contributed by atoms with Gasteiger partial charge in [0.1, 0.15) is 0 Å². The van der Waals surface area contributed by atoms with Crippen molar-refractivity contribution in [2.75, 3.05) is 0 Å². The number of nitrogens with zero attached hydrogens (tertiary/aromatic N) is 1. The lowest BCUT2D eigenvalue weighted by atomic mass is 10.2. The number of oxazole rings is 1. The van der Waals surface area contributed by atoms with E-state index in [-0.39, 0.29) is 23.1 Å². The molecule has 1 saturated carbocycles. The predicted molar refractivity (Wildman–Crippen MR) is 56.0 cm³/mol. The fraction of sp³-hybridized carbons (Fsp3) is 0.600. The van der Waals surface area contributed by atoms with Crippen LogP contribution in [0.5, 0.6) is 0 Å². The topological polar surface area (TPSA) is 55.1 Å². The number of halogens is 1. The summed E-state index contributed by atoms with van der Waals surface area (Å²) in [5.74, 6) is 0.0633. The summed E-state index contributed by atoms with van der Waals surface area (Å²) in [5.41, 5.74) is 0.608. The molecule has 0 radical (unpaired) electrons.